The lowest BCUT2D eigenvalue weighted by molar-refractivity contribution is 0.0590. The molecular formula is C7H9N3O3. The van der Waals surface area contributed by atoms with E-state index in [2.05, 4.69) is 14.7 Å². The summed E-state index contributed by atoms with van der Waals surface area (Å²) in [5.74, 6) is -0.363. The molecule has 0 aromatic carbocycles. The van der Waals surface area contributed by atoms with Gasteiger partial charge in [-0.3, -0.25) is 0 Å². The first-order chi connectivity index (χ1) is 6.20. The van der Waals surface area contributed by atoms with Crippen molar-refractivity contribution in [2.75, 3.05) is 20.0 Å². The molecule has 0 fully saturated rings. The van der Waals surface area contributed by atoms with Crippen LogP contribution >= 0.6 is 0 Å². The molecule has 0 saturated carbocycles. The normalized spacial score (nSPS) is 9.38. The zero-order chi connectivity index (χ0) is 9.84. The van der Waals surface area contributed by atoms with Crippen LogP contribution in [0.2, 0.25) is 0 Å². The number of esters is 1. The topological polar surface area (TPSA) is 87.3 Å². The van der Waals surface area contributed by atoms with E-state index in [1.54, 1.807) is 0 Å². The minimum absolute atomic E-state index is 0.0255. The van der Waals surface area contributed by atoms with Crippen LogP contribution in [0.3, 0.4) is 0 Å². The highest BCUT2D eigenvalue weighted by atomic mass is 16.5. The van der Waals surface area contributed by atoms with Gasteiger partial charge in [0.1, 0.15) is 6.33 Å². The second kappa shape index (κ2) is 3.70. The molecule has 1 aromatic rings. The molecule has 0 aliphatic rings. The number of nitrogen functional groups attached to an aromatic ring is 1. The average Bonchev–Trinajstić information content (AvgIpc) is 2.16. The van der Waals surface area contributed by atoms with Crippen molar-refractivity contribution in [1.82, 2.24) is 9.97 Å². The summed E-state index contributed by atoms with van der Waals surface area (Å²) in [5, 5.41) is 0. The molecule has 6 nitrogen and oxygen atoms in total. The van der Waals surface area contributed by atoms with Crippen LogP contribution in [0.15, 0.2) is 6.33 Å². The van der Waals surface area contributed by atoms with Crippen molar-refractivity contribution >= 4 is 11.8 Å². The standard InChI is InChI=1S/C7H9N3O3/c1-12-5-4(7(11)13-2)9-3-10-6(5)8/h3H,1-2H3,(H2,8,9,10). The van der Waals surface area contributed by atoms with Crippen LogP contribution in [0.1, 0.15) is 10.5 Å². The van der Waals surface area contributed by atoms with Gasteiger partial charge in [0.2, 0.25) is 0 Å². The Bertz CT molecular complexity index is 327. The second-order valence-corrected chi connectivity index (χ2v) is 2.13. The number of rotatable bonds is 2. The number of ether oxygens (including phenoxy) is 2. The molecule has 0 atom stereocenters. The molecule has 13 heavy (non-hydrogen) atoms. The number of hydrogen-bond acceptors (Lipinski definition) is 6. The van der Waals surface area contributed by atoms with Gasteiger partial charge in [-0.1, -0.05) is 0 Å². The lowest BCUT2D eigenvalue weighted by atomic mass is 10.3. The van der Waals surface area contributed by atoms with Crippen LogP contribution in [0.25, 0.3) is 0 Å². The second-order valence-electron chi connectivity index (χ2n) is 2.13. The van der Waals surface area contributed by atoms with Gasteiger partial charge in [0.15, 0.2) is 17.3 Å². The highest BCUT2D eigenvalue weighted by Gasteiger charge is 2.17. The fraction of sp³-hybridized carbons (Fsp3) is 0.286. The van der Waals surface area contributed by atoms with E-state index in [4.69, 9.17) is 10.5 Å². The minimum atomic E-state index is -0.606. The lowest BCUT2D eigenvalue weighted by Crippen LogP contribution is -2.09. The maximum atomic E-state index is 11.1. The van der Waals surface area contributed by atoms with Gasteiger partial charge in [-0.15, -0.1) is 0 Å². The van der Waals surface area contributed by atoms with Gasteiger partial charge in [-0.05, 0) is 0 Å². The Labute approximate surface area is 74.7 Å². The Morgan fingerprint density at radius 1 is 1.46 bits per heavy atom. The van der Waals surface area contributed by atoms with Crippen molar-refractivity contribution in [2.24, 2.45) is 0 Å². The summed E-state index contributed by atoms with van der Waals surface area (Å²) in [6, 6.07) is 0. The molecular weight excluding hydrogens is 174 g/mol. The summed E-state index contributed by atoms with van der Waals surface area (Å²) in [4.78, 5) is 18.4. The first-order valence-corrected chi connectivity index (χ1v) is 3.43. The van der Waals surface area contributed by atoms with Crippen LogP contribution in [-0.2, 0) is 4.74 Å². The zero-order valence-corrected chi connectivity index (χ0v) is 7.27. The highest BCUT2D eigenvalue weighted by Crippen LogP contribution is 2.21. The van der Waals surface area contributed by atoms with Crippen molar-refractivity contribution < 1.29 is 14.3 Å². The van der Waals surface area contributed by atoms with Crippen LogP contribution in [0.4, 0.5) is 5.82 Å². The van der Waals surface area contributed by atoms with E-state index in [0.29, 0.717) is 0 Å². The van der Waals surface area contributed by atoms with E-state index in [-0.39, 0.29) is 17.3 Å². The van der Waals surface area contributed by atoms with Crippen molar-refractivity contribution in [3.05, 3.63) is 12.0 Å². The molecule has 0 aliphatic carbocycles. The Balaban J connectivity index is 3.20. The van der Waals surface area contributed by atoms with E-state index in [1.807, 2.05) is 0 Å². The van der Waals surface area contributed by atoms with Gasteiger partial charge in [0.25, 0.3) is 0 Å². The van der Waals surface area contributed by atoms with E-state index in [9.17, 15) is 4.79 Å². The Morgan fingerprint density at radius 3 is 2.69 bits per heavy atom. The van der Waals surface area contributed by atoms with E-state index >= 15 is 0 Å². The van der Waals surface area contributed by atoms with Gasteiger partial charge in [0.05, 0.1) is 14.2 Å². The first kappa shape index (κ1) is 9.24. The summed E-state index contributed by atoms with van der Waals surface area (Å²) in [6.45, 7) is 0. The molecule has 1 aromatic heterocycles. The van der Waals surface area contributed by atoms with E-state index < -0.39 is 5.97 Å². The largest absolute Gasteiger partial charge is 0.491 e. The van der Waals surface area contributed by atoms with Gasteiger partial charge in [-0.25, -0.2) is 14.8 Å². The predicted molar refractivity (Wildman–Crippen MR) is 44.3 cm³/mol. The summed E-state index contributed by atoms with van der Waals surface area (Å²) in [6.07, 6.45) is 1.17. The Hall–Kier alpha value is -1.85. The molecule has 0 aliphatic heterocycles. The third kappa shape index (κ3) is 1.66. The molecule has 0 amide bonds. The molecule has 0 bridgehead atoms. The molecule has 0 spiro atoms. The molecule has 1 heterocycles. The number of aromatic nitrogens is 2. The average molecular weight is 183 g/mol. The lowest BCUT2D eigenvalue weighted by Gasteiger charge is -2.06. The first-order valence-electron chi connectivity index (χ1n) is 3.43. The summed E-state index contributed by atoms with van der Waals surface area (Å²) in [5.41, 5.74) is 5.47. The van der Waals surface area contributed by atoms with Crippen molar-refractivity contribution in [2.45, 2.75) is 0 Å². The van der Waals surface area contributed by atoms with Crippen molar-refractivity contribution in [1.29, 1.82) is 0 Å². The molecule has 6 heteroatoms. The van der Waals surface area contributed by atoms with Gasteiger partial charge < -0.3 is 15.2 Å². The van der Waals surface area contributed by atoms with Crippen LogP contribution in [0, 0.1) is 0 Å². The summed E-state index contributed by atoms with van der Waals surface area (Å²) in [7, 11) is 2.63. The SMILES string of the molecule is COC(=O)c1ncnc(N)c1OC. The van der Waals surface area contributed by atoms with Crippen LogP contribution in [0.5, 0.6) is 5.75 Å². The predicted octanol–water partition coefficient (Wildman–Crippen LogP) is -0.146. The van der Waals surface area contributed by atoms with E-state index in [0.717, 1.165) is 0 Å². The fourth-order valence-corrected chi connectivity index (χ4v) is 0.831. The molecule has 0 radical (unpaired) electrons. The number of anilines is 1. The van der Waals surface area contributed by atoms with Crippen molar-refractivity contribution in [3.8, 4) is 5.75 Å². The van der Waals surface area contributed by atoms with Crippen molar-refractivity contribution in [3.63, 3.8) is 0 Å². The number of carbonyl (C=O) groups excluding carboxylic acids is 1. The third-order valence-corrected chi connectivity index (χ3v) is 1.41. The smallest absolute Gasteiger partial charge is 0.360 e. The quantitative estimate of drug-likeness (QED) is 0.642. The number of hydrogen-bond donors (Lipinski definition) is 1. The number of nitrogens with zero attached hydrogens (tertiary/aromatic N) is 2. The Morgan fingerprint density at radius 2 is 2.15 bits per heavy atom. The Kier molecular flexibility index (Phi) is 2.63. The zero-order valence-electron chi connectivity index (χ0n) is 7.27. The molecule has 70 valence electrons. The van der Waals surface area contributed by atoms with E-state index in [1.165, 1.54) is 20.5 Å². The summed E-state index contributed by atoms with van der Waals surface area (Å²) >= 11 is 0. The van der Waals surface area contributed by atoms with Crippen LogP contribution < -0.4 is 10.5 Å². The highest BCUT2D eigenvalue weighted by molar-refractivity contribution is 5.91. The molecule has 1 rings (SSSR count). The van der Waals surface area contributed by atoms with Crippen LogP contribution in [-0.4, -0.2) is 30.2 Å². The monoisotopic (exact) mass is 183 g/mol. The molecule has 2 N–H and O–H groups in total. The third-order valence-electron chi connectivity index (χ3n) is 1.41. The van der Waals surface area contributed by atoms with Gasteiger partial charge >= 0.3 is 5.97 Å². The fourth-order valence-electron chi connectivity index (χ4n) is 0.831. The maximum Gasteiger partial charge on any atom is 0.360 e. The van der Waals surface area contributed by atoms with Gasteiger partial charge in [-0.2, -0.15) is 0 Å². The van der Waals surface area contributed by atoms with Gasteiger partial charge in [0, 0.05) is 0 Å². The molecule has 0 unspecified atom stereocenters. The molecule has 0 saturated heterocycles. The summed E-state index contributed by atoms with van der Waals surface area (Å²) < 4.78 is 9.32. The maximum absolute atomic E-state index is 11.1. The number of nitrogens with two attached hydrogens (primary N) is 1. The minimum Gasteiger partial charge on any atom is -0.491 e. The number of carbonyl (C=O) groups is 1. The number of methoxy groups -OCH3 is 2.